The second kappa shape index (κ2) is 21.1. The fraction of sp³-hybridized carbons (Fsp3) is 0.577. The van der Waals surface area contributed by atoms with Gasteiger partial charge in [0.05, 0.1) is 12.2 Å². The third-order valence-corrected chi connectivity index (χ3v) is 16.0. The number of aliphatic hydroxyl groups is 2. The van der Waals surface area contributed by atoms with Crippen molar-refractivity contribution >= 4 is 46.9 Å². The molecule has 0 radical (unpaired) electrons. The van der Waals surface area contributed by atoms with E-state index in [2.05, 4.69) is 43.2 Å². The van der Waals surface area contributed by atoms with Gasteiger partial charge in [-0.15, -0.1) is 11.8 Å². The van der Waals surface area contributed by atoms with E-state index in [4.69, 9.17) is 29.0 Å². The molecule has 14 atom stereocenters. The first-order valence-corrected chi connectivity index (χ1v) is 26.3. The molecule has 33 nitrogen and oxygen atoms in total. The number of hydrogen-bond acceptors (Lipinski definition) is 21. The van der Waals surface area contributed by atoms with Gasteiger partial charge in [0.2, 0.25) is 17.6 Å². The van der Waals surface area contributed by atoms with Crippen molar-refractivity contribution < 1.29 is 121 Å². The van der Waals surface area contributed by atoms with E-state index >= 15 is 8.78 Å². The van der Waals surface area contributed by atoms with Crippen LogP contribution in [0.4, 0.5) is 8.78 Å². The number of phosphoric ester groups is 2. The fourth-order valence-electron chi connectivity index (χ4n) is 5.87. The molecular weight excluding hydrogens is 1050 g/mol. The van der Waals surface area contributed by atoms with Gasteiger partial charge in [0.1, 0.15) is 30.6 Å². The van der Waals surface area contributed by atoms with Crippen molar-refractivity contribution in [3.63, 3.8) is 0 Å². The maximum atomic E-state index is 15.8. The van der Waals surface area contributed by atoms with Crippen molar-refractivity contribution in [1.82, 2.24) is 24.3 Å². The number of alkyl halides is 2. The average Bonchev–Trinajstić information content (AvgIpc) is 3.49. The van der Waals surface area contributed by atoms with E-state index < -0.39 is 130 Å². The lowest BCUT2D eigenvalue weighted by atomic mass is 9.94. The van der Waals surface area contributed by atoms with Gasteiger partial charge < -0.3 is 58.8 Å². The first kappa shape index (κ1) is 58.2. The number of halogens is 2. The molecule has 4 heterocycles. The van der Waals surface area contributed by atoms with E-state index in [-0.39, 0.29) is 5.69 Å². The number of H-pyrrole nitrogens is 2. The van der Waals surface area contributed by atoms with E-state index in [1.54, 1.807) is 4.98 Å². The number of aryl methyl sites for hydroxylation is 1. The predicted molar refractivity (Wildman–Crippen MR) is 208 cm³/mol. The van der Waals surface area contributed by atoms with Crippen LogP contribution in [0.5, 0.6) is 0 Å². The summed E-state index contributed by atoms with van der Waals surface area (Å²) in [6.07, 6.45) is -15.4. The van der Waals surface area contributed by atoms with Crippen molar-refractivity contribution in [2.45, 2.75) is 95.0 Å². The van der Waals surface area contributed by atoms with Crippen LogP contribution < -0.4 is 22.5 Å². The lowest BCUT2D eigenvalue weighted by Crippen LogP contribution is -2.46. The van der Waals surface area contributed by atoms with Crippen LogP contribution in [0.2, 0.25) is 0 Å². The van der Waals surface area contributed by atoms with Crippen LogP contribution in [-0.4, -0.2) is 122 Å². The van der Waals surface area contributed by atoms with Gasteiger partial charge in [-0.2, -0.15) is 27.0 Å². The third-order valence-electron chi connectivity index (χ3n) is 8.13. The zero-order valence-electron chi connectivity index (χ0n) is 33.9. The molecule has 0 aliphatic carbocycles. The number of hydrogen-bond donors (Lipinski definition) is 12. The second-order valence-corrected chi connectivity index (χ2v) is 22.0. The summed E-state index contributed by atoms with van der Waals surface area (Å²) in [4.78, 5) is 123. The number of ether oxygens (including phenoxy) is 2. The number of nitrogens with zero attached hydrogens (tertiary/aromatic N) is 3. The summed E-state index contributed by atoms with van der Waals surface area (Å²) >= 11 is 0. The smallest absolute Gasteiger partial charge is 0.386 e. The summed E-state index contributed by atoms with van der Waals surface area (Å²) in [6.45, 7) is 5.50. The number of nitrogens with one attached hydrogen (secondary N) is 2. The molecule has 41 heteroatoms. The standard InChI is InChI=1S/C14H20FN2O14P3.C12H17FN3O14P3/c1-4-5-14(15)11(19)10(28-12(14)17-7(2)6-9(18)16-13(17)20)8(3)29-33(24,25)31-34(26,27)30-32(21,22)23;1-3-4-12(13)9(18)8(27-10(12)16-11(19)15-7(17)5-14-16)6(2)28-32(23,24)30-33(25,26)29-31(20,21)22/h6,8,10-12,19H,1-3H3,(H,24,25)(H,26,27)(H,16,18,20)(H2,21,22,23);5-6,8-10,18H,1-2H3,(H,23,24)(H,25,26)(H,15,17,19)(H2,20,21,22)/t8-,10-,11+,12-,14?;6-,8-,9+,10-,12?/m11/s1. The minimum atomic E-state index is -5.84. The Bertz CT molecular complexity index is 2860. The van der Waals surface area contributed by atoms with E-state index in [0.29, 0.717) is 15.4 Å². The lowest BCUT2D eigenvalue weighted by molar-refractivity contribution is -0.0829. The molecule has 2 saturated heterocycles. The molecule has 0 amide bonds. The van der Waals surface area contributed by atoms with Gasteiger partial charge in [-0.25, -0.2) is 45.8 Å². The Labute approximate surface area is 370 Å². The van der Waals surface area contributed by atoms with E-state index in [0.717, 1.165) is 19.9 Å². The molecule has 4 rings (SSSR count). The maximum absolute atomic E-state index is 15.8. The summed E-state index contributed by atoms with van der Waals surface area (Å²) in [5, 5.41) is 24.4. The molecule has 6 unspecified atom stereocenters. The van der Waals surface area contributed by atoms with Crippen LogP contribution >= 0.6 is 46.9 Å². The van der Waals surface area contributed by atoms with Crippen molar-refractivity contribution in [1.29, 1.82) is 0 Å². The minimum Gasteiger partial charge on any atom is -0.386 e. The highest BCUT2D eigenvalue weighted by Gasteiger charge is 2.62. The molecule has 0 spiro atoms. The van der Waals surface area contributed by atoms with E-state index in [1.165, 1.54) is 20.8 Å². The van der Waals surface area contributed by atoms with E-state index in [1.807, 2.05) is 16.8 Å². The third kappa shape index (κ3) is 15.2. The minimum absolute atomic E-state index is 0.0907. The van der Waals surface area contributed by atoms with Crippen molar-refractivity contribution in [3.05, 3.63) is 59.6 Å². The number of aromatic nitrogens is 5. The molecule has 378 valence electrons. The first-order valence-electron chi connectivity index (χ1n) is 17.3. The zero-order valence-corrected chi connectivity index (χ0v) is 39.2. The molecule has 2 aromatic heterocycles. The first-order chi connectivity index (χ1) is 30.2. The monoisotopic (exact) mass is 1090 g/mol. The van der Waals surface area contributed by atoms with Gasteiger partial charge in [-0.1, -0.05) is 11.8 Å². The Kier molecular flexibility index (Phi) is 18.4. The summed E-state index contributed by atoms with van der Waals surface area (Å²) < 4.78 is 135. The number of phosphoric acid groups is 6. The highest BCUT2D eigenvalue weighted by atomic mass is 31.3. The Hall–Kier alpha value is -3.07. The van der Waals surface area contributed by atoms with Crippen molar-refractivity contribution in [3.8, 4) is 23.7 Å². The van der Waals surface area contributed by atoms with Crippen LogP contribution in [0, 0.1) is 30.6 Å². The SMILES string of the molecule is CC#CC1(F)[C@@H](O)[C@@H]([C@@H](C)OP(=O)(O)OP(=O)(O)OP(=O)(O)O)O[C@H]1n1c(C)cc(=O)[nH]c1=O.CC#CC1(F)[C@@H](O)[C@@H]([C@@H](C)OP(=O)(O)OP(=O)(O)OP(=O)(O)O)O[C@H]1n1ncc(=O)[nH]c1=O. The zero-order chi connectivity index (χ0) is 51.7. The second-order valence-electron chi connectivity index (χ2n) is 13.2. The van der Waals surface area contributed by atoms with Gasteiger partial charge in [0.15, 0.2) is 6.23 Å². The molecule has 67 heavy (non-hydrogen) atoms. The Morgan fingerprint density at radius 3 is 1.43 bits per heavy atom. The Morgan fingerprint density at radius 2 is 1.06 bits per heavy atom. The van der Waals surface area contributed by atoms with Gasteiger partial charge >= 0.3 is 58.3 Å². The van der Waals surface area contributed by atoms with Crippen LogP contribution in [-0.2, 0) is 63.2 Å². The van der Waals surface area contributed by atoms with Crippen molar-refractivity contribution in [2.24, 2.45) is 0 Å². The molecule has 0 bridgehead atoms. The summed E-state index contributed by atoms with van der Waals surface area (Å²) in [5.74, 6) is 8.40. The normalized spacial score (nSPS) is 29.7. The molecule has 12 N–H and O–H groups in total. The molecule has 2 aromatic rings. The molecule has 2 aliphatic heterocycles. The van der Waals surface area contributed by atoms with E-state index in [9.17, 15) is 76.4 Å². The fourth-order valence-corrected chi connectivity index (χ4v) is 12.3. The van der Waals surface area contributed by atoms with Gasteiger partial charge in [0, 0.05) is 11.8 Å². The number of aliphatic hydroxyl groups excluding tert-OH is 2. The highest BCUT2D eigenvalue weighted by Crippen LogP contribution is 2.68. The molecule has 0 aromatic carbocycles. The Balaban J connectivity index is 0.000000355. The van der Waals surface area contributed by atoms with Gasteiger partial charge in [-0.3, -0.25) is 33.2 Å². The summed E-state index contributed by atoms with van der Waals surface area (Å²) in [6, 6.07) is 0.930. The van der Waals surface area contributed by atoms with Gasteiger partial charge in [0.25, 0.3) is 11.1 Å². The summed E-state index contributed by atoms with van der Waals surface area (Å²) in [5.41, 5.74) is -10.3. The van der Waals surface area contributed by atoms with Crippen LogP contribution in [0.25, 0.3) is 0 Å². The van der Waals surface area contributed by atoms with Crippen LogP contribution in [0.3, 0.4) is 0 Å². The van der Waals surface area contributed by atoms with Crippen LogP contribution in [0.1, 0.15) is 45.8 Å². The topological polar surface area (TPSA) is 501 Å². The molecule has 0 saturated carbocycles. The largest absolute Gasteiger partial charge is 0.490 e. The Morgan fingerprint density at radius 1 is 0.672 bits per heavy atom. The number of aromatic amines is 2. The van der Waals surface area contributed by atoms with Crippen LogP contribution in [0.15, 0.2) is 31.4 Å². The summed E-state index contributed by atoms with van der Waals surface area (Å²) in [7, 11) is -34.3. The number of rotatable bonds is 16. The predicted octanol–water partition coefficient (Wildman–Crippen LogP) is -1.78. The quantitative estimate of drug-likeness (QED) is 0.0653. The van der Waals surface area contributed by atoms with Crippen molar-refractivity contribution in [2.75, 3.05) is 0 Å². The van der Waals surface area contributed by atoms with Gasteiger partial charge in [-0.05, 0) is 34.6 Å². The maximum Gasteiger partial charge on any atom is 0.490 e. The molecule has 2 fully saturated rings. The molecular formula is C26H37F2N5O28P6. The average molecular weight is 1090 g/mol. The molecule has 2 aliphatic rings. The lowest BCUT2D eigenvalue weighted by Gasteiger charge is -2.25. The highest BCUT2D eigenvalue weighted by molar-refractivity contribution is 7.67.